The fourth-order valence-corrected chi connectivity index (χ4v) is 3.77. The van der Waals surface area contributed by atoms with Crippen LogP contribution in [-0.4, -0.2) is 20.1 Å². The van der Waals surface area contributed by atoms with E-state index in [4.69, 9.17) is 9.51 Å². The molecule has 1 aliphatic carbocycles. The Balaban J connectivity index is 1.84. The third kappa shape index (κ3) is 2.60. The van der Waals surface area contributed by atoms with Crippen LogP contribution >= 0.6 is 0 Å². The maximum absolute atomic E-state index is 12.0. The molecule has 3 heterocycles. The lowest BCUT2D eigenvalue weighted by Gasteiger charge is -2.09. The molecule has 0 bridgehead atoms. The molecule has 0 spiro atoms. The van der Waals surface area contributed by atoms with Gasteiger partial charge >= 0.3 is 0 Å². The second-order valence-electron chi connectivity index (χ2n) is 7.41. The summed E-state index contributed by atoms with van der Waals surface area (Å²) in [4.78, 5) is 23.1. The van der Waals surface area contributed by atoms with Crippen molar-refractivity contribution >= 4 is 11.0 Å². The molecule has 6 nitrogen and oxygen atoms in total. The number of rotatable bonds is 3. The van der Waals surface area contributed by atoms with E-state index >= 15 is 0 Å². The average Bonchev–Trinajstić information content (AvgIpc) is 3.32. The Labute approximate surface area is 155 Å². The van der Waals surface area contributed by atoms with Gasteiger partial charge in [0.05, 0.1) is 16.7 Å². The van der Waals surface area contributed by atoms with E-state index in [2.05, 4.69) is 27.3 Å². The molecular weight excluding hydrogens is 340 g/mol. The van der Waals surface area contributed by atoms with Crippen molar-refractivity contribution in [3.63, 3.8) is 0 Å². The van der Waals surface area contributed by atoms with Gasteiger partial charge in [0, 0.05) is 29.3 Å². The van der Waals surface area contributed by atoms with Crippen LogP contribution in [0.5, 0.6) is 0 Å². The molecule has 4 aromatic rings. The Morgan fingerprint density at radius 1 is 1.11 bits per heavy atom. The highest BCUT2D eigenvalue weighted by Crippen LogP contribution is 2.41. The minimum atomic E-state index is -0.121. The molecule has 0 atom stereocenters. The monoisotopic (exact) mass is 360 g/mol. The van der Waals surface area contributed by atoms with Crippen LogP contribution in [0, 0.1) is 20.8 Å². The van der Waals surface area contributed by atoms with Crippen LogP contribution in [-0.2, 0) is 0 Å². The Morgan fingerprint density at radius 2 is 1.93 bits per heavy atom. The molecule has 6 heteroatoms. The van der Waals surface area contributed by atoms with E-state index in [1.807, 2.05) is 20.8 Å². The fraction of sp³-hybridized carbons (Fsp3) is 0.286. The molecule has 0 amide bonds. The minimum absolute atomic E-state index is 0.121. The van der Waals surface area contributed by atoms with Gasteiger partial charge < -0.3 is 14.5 Å². The summed E-state index contributed by atoms with van der Waals surface area (Å²) < 4.78 is 5.37. The predicted molar refractivity (Wildman–Crippen MR) is 104 cm³/mol. The van der Waals surface area contributed by atoms with E-state index in [0.29, 0.717) is 5.92 Å². The Kier molecular flexibility index (Phi) is 3.37. The largest absolute Gasteiger partial charge is 0.361 e. The zero-order valence-corrected chi connectivity index (χ0v) is 15.5. The molecule has 0 unspecified atom stereocenters. The standard InChI is InChI=1S/C21H20N4O2/c1-10-9-22-18(26)8-15(10)16-6-14(19-11(2)25-27-12(19)3)7-17-20(16)24-21(23-17)13-4-5-13/h6-9,13H,4-5H2,1-3H3,(H,22,26)(H,23,24). The zero-order valence-electron chi connectivity index (χ0n) is 15.5. The normalized spacial score (nSPS) is 14.2. The summed E-state index contributed by atoms with van der Waals surface area (Å²) in [6.07, 6.45) is 4.10. The van der Waals surface area contributed by atoms with Crippen molar-refractivity contribution in [2.45, 2.75) is 39.5 Å². The molecule has 2 N–H and O–H groups in total. The lowest BCUT2D eigenvalue weighted by molar-refractivity contribution is 0.393. The number of hydrogen-bond acceptors (Lipinski definition) is 4. The topological polar surface area (TPSA) is 87.6 Å². The van der Waals surface area contributed by atoms with Crippen LogP contribution in [0.3, 0.4) is 0 Å². The lowest BCUT2D eigenvalue weighted by atomic mass is 9.95. The van der Waals surface area contributed by atoms with Gasteiger partial charge in [-0.05, 0) is 62.4 Å². The molecule has 5 rings (SSSR count). The summed E-state index contributed by atoms with van der Waals surface area (Å²) in [7, 11) is 0. The second kappa shape index (κ2) is 5.67. The van der Waals surface area contributed by atoms with Crippen LogP contribution in [0.15, 0.2) is 33.7 Å². The van der Waals surface area contributed by atoms with Crippen molar-refractivity contribution in [1.82, 2.24) is 20.1 Å². The Morgan fingerprint density at radius 3 is 2.63 bits per heavy atom. The third-order valence-electron chi connectivity index (χ3n) is 5.31. The van der Waals surface area contributed by atoms with Crippen LogP contribution in [0.4, 0.5) is 0 Å². The van der Waals surface area contributed by atoms with Gasteiger partial charge in [0.2, 0.25) is 5.56 Å². The number of aryl methyl sites for hydroxylation is 3. The number of aromatic nitrogens is 4. The molecular formula is C21H20N4O2. The summed E-state index contributed by atoms with van der Waals surface area (Å²) in [5.41, 5.74) is 7.46. The molecule has 1 saturated carbocycles. The van der Waals surface area contributed by atoms with Gasteiger partial charge in [0.15, 0.2) is 0 Å². The molecule has 1 aromatic carbocycles. The number of hydrogen-bond donors (Lipinski definition) is 2. The quantitative estimate of drug-likeness (QED) is 0.568. The summed E-state index contributed by atoms with van der Waals surface area (Å²) in [5.74, 6) is 2.33. The van der Waals surface area contributed by atoms with Crippen molar-refractivity contribution in [3.8, 4) is 22.3 Å². The van der Waals surface area contributed by atoms with E-state index in [1.54, 1.807) is 12.3 Å². The summed E-state index contributed by atoms with van der Waals surface area (Å²) in [6, 6.07) is 5.84. The number of pyridine rings is 1. The van der Waals surface area contributed by atoms with Gasteiger partial charge in [-0.2, -0.15) is 0 Å². The first-order valence-corrected chi connectivity index (χ1v) is 9.18. The Bertz CT molecular complexity index is 1220. The highest BCUT2D eigenvalue weighted by molar-refractivity contribution is 5.97. The maximum atomic E-state index is 12.0. The van der Waals surface area contributed by atoms with E-state index in [0.717, 1.165) is 56.1 Å². The first-order chi connectivity index (χ1) is 13.0. The SMILES string of the molecule is Cc1c[nH]c(=O)cc1-c1cc(-c2c(C)noc2C)cc2[nH]c(C3CC3)nc12. The van der Waals surface area contributed by atoms with E-state index in [9.17, 15) is 4.79 Å². The van der Waals surface area contributed by atoms with Gasteiger partial charge in [-0.25, -0.2) is 4.98 Å². The van der Waals surface area contributed by atoms with Crippen molar-refractivity contribution in [1.29, 1.82) is 0 Å². The molecule has 0 saturated heterocycles. The summed E-state index contributed by atoms with van der Waals surface area (Å²) in [5, 5.41) is 4.09. The van der Waals surface area contributed by atoms with Crippen molar-refractivity contribution < 1.29 is 4.52 Å². The van der Waals surface area contributed by atoms with Crippen molar-refractivity contribution in [2.24, 2.45) is 0 Å². The van der Waals surface area contributed by atoms with Crippen molar-refractivity contribution in [3.05, 3.63) is 57.6 Å². The predicted octanol–water partition coefficient (Wildman–Crippen LogP) is 4.38. The lowest BCUT2D eigenvalue weighted by Crippen LogP contribution is -2.04. The van der Waals surface area contributed by atoms with Crippen LogP contribution in [0.1, 0.15) is 41.6 Å². The van der Waals surface area contributed by atoms with E-state index < -0.39 is 0 Å². The molecule has 0 radical (unpaired) electrons. The molecule has 136 valence electrons. The first kappa shape index (κ1) is 16.1. The number of imidazole rings is 1. The molecule has 27 heavy (non-hydrogen) atoms. The molecule has 1 fully saturated rings. The van der Waals surface area contributed by atoms with Crippen LogP contribution < -0.4 is 5.56 Å². The summed E-state index contributed by atoms with van der Waals surface area (Å²) in [6.45, 7) is 5.85. The number of benzene rings is 1. The number of H-pyrrole nitrogens is 2. The molecule has 0 aliphatic heterocycles. The van der Waals surface area contributed by atoms with Crippen LogP contribution in [0.2, 0.25) is 0 Å². The third-order valence-corrected chi connectivity index (χ3v) is 5.31. The molecule has 3 aromatic heterocycles. The zero-order chi connectivity index (χ0) is 18.7. The number of nitrogens with zero attached hydrogens (tertiary/aromatic N) is 2. The van der Waals surface area contributed by atoms with E-state index in [1.165, 1.54) is 12.8 Å². The van der Waals surface area contributed by atoms with Gasteiger partial charge in [0.25, 0.3) is 0 Å². The van der Waals surface area contributed by atoms with Crippen molar-refractivity contribution in [2.75, 3.05) is 0 Å². The minimum Gasteiger partial charge on any atom is -0.361 e. The fourth-order valence-electron chi connectivity index (χ4n) is 3.77. The number of nitrogens with one attached hydrogen (secondary N) is 2. The number of aromatic amines is 2. The number of fused-ring (bicyclic) bond motifs is 1. The van der Waals surface area contributed by atoms with Gasteiger partial charge in [0.1, 0.15) is 11.6 Å². The second-order valence-corrected chi connectivity index (χ2v) is 7.41. The highest BCUT2D eigenvalue weighted by atomic mass is 16.5. The first-order valence-electron chi connectivity index (χ1n) is 9.18. The van der Waals surface area contributed by atoms with Gasteiger partial charge in [-0.3, -0.25) is 4.79 Å². The van der Waals surface area contributed by atoms with Gasteiger partial charge in [-0.15, -0.1) is 0 Å². The van der Waals surface area contributed by atoms with Crippen LogP contribution in [0.25, 0.3) is 33.3 Å². The maximum Gasteiger partial charge on any atom is 0.248 e. The van der Waals surface area contributed by atoms with E-state index in [-0.39, 0.29) is 5.56 Å². The summed E-state index contributed by atoms with van der Waals surface area (Å²) >= 11 is 0. The highest BCUT2D eigenvalue weighted by Gasteiger charge is 2.28. The molecule has 1 aliphatic rings. The average molecular weight is 360 g/mol. The Hall–Kier alpha value is -3.15. The smallest absolute Gasteiger partial charge is 0.248 e. The van der Waals surface area contributed by atoms with Gasteiger partial charge in [-0.1, -0.05) is 5.16 Å².